The molecule has 1 heterocycles. The molecule has 0 radical (unpaired) electrons. The van der Waals surface area contributed by atoms with Crippen LogP contribution in [0.5, 0.6) is 0 Å². The summed E-state index contributed by atoms with van der Waals surface area (Å²) >= 11 is 0. The molecule has 44 heavy (non-hydrogen) atoms. The van der Waals surface area contributed by atoms with Crippen molar-refractivity contribution in [3.63, 3.8) is 0 Å². The van der Waals surface area contributed by atoms with Gasteiger partial charge in [-0.1, -0.05) is 39.0 Å². The Morgan fingerprint density at radius 1 is 1.07 bits per heavy atom. The van der Waals surface area contributed by atoms with Gasteiger partial charge in [-0.25, -0.2) is 4.79 Å². The molecule has 1 unspecified atom stereocenters. The molecule has 1 saturated heterocycles. The van der Waals surface area contributed by atoms with Crippen LogP contribution in [0.3, 0.4) is 0 Å². The van der Waals surface area contributed by atoms with Crippen LogP contribution in [0.4, 0.5) is 0 Å². The second kappa shape index (κ2) is 11.0. The van der Waals surface area contributed by atoms with Gasteiger partial charge in [-0.3, -0.25) is 14.4 Å². The second-order valence-electron chi connectivity index (χ2n) is 13.4. The second-order valence-corrected chi connectivity index (χ2v) is 13.4. The smallest absolute Gasteiger partial charge is 0.338 e. The maximum atomic E-state index is 14.9. The third-order valence-electron chi connectivity index (χ3n) is 10.6. The summed E-state index contributed by atoms with van der Waals surface area (Å²) in [5, 5.41) is 36.1. The molecule has 5 rings (SSSR count). The van der Waals surface area contributed by atoms with Crippen molar-refractivity contribution in [2.24, 2.45) is 16.7 Å². The van der Waals surface area contributed by atoms with Gasteiger partial charge in [0.15, 0.2) is 17.5 Å². The van der Waals surface area contributed by atoms with Gasteiger partial charge in [-0.15, -0.1) is 0 Å². The number of ketones is 1. The van der Waals surface area contributed by atoms with Crippen LogP contribution < -0.4 is 0 Å². The average molecular weight is 615 g/mol. The highest BCUT2D eigenvalue weighted by atomic mass is 16.6. The van der Waals surface area contributed by atoms with Crippen molar-refractivity contribution in [3.05, 3.63) is 47.0 Å². The number of carbonyl (C=O) groups is 4. The molecule has 11 nitrogen and oxygen atoms in total. The lowest BCUT2D eigenvalue weighted by molar-refractivity contribution is -0.346. The van der Waals surface area contributed by atoms with E-state index in [9.17, 15) is 34.5 Å². The fourth-order valence-electron chi connectivity index (χ4n) is 8.11. The molecule has 11 heteroatoms. The number of aliphatic hydroxyl groups is 3. The normalized spacial score (nSPS) is 39.1. The number of Topliss-reactive ketones (excluding diaryl/α,β-unsaturated/α-hetero) is 1. The minimum Gasteiger partial charge on any atom is -0.455 e. The summed E-state index contributed by atoms with van der Waals surface area (Å²) in [6.45, 7) is 9.10. The molecule has 3 aliphatic carbocycles. The summed E-state index contributed by atoms with van der Waals surface area (Å²) in [6, 6.07) is 8.09. The predicted molar refractivity (Wildman–Crippen MR) is 154 cm³/mol. The Morgan fingerprint density at radius 2 is 1.73 bits per heavy atom. The summed E-state index contributed by atoms with van der Waals surface area (Å²) < 4.78 is 23.9. The number of benzene rings is 1. The van der Waals surface area contributed by atoms with Gasteiger partial charge in [0.2, 0.25) is 0 Å². The number of ether oxygens (including phenoxy) is 4. The van der Waals surface area contributed by atoms with E-state index in [0.717, 1.165) is 6.92 Å². The van der Waals surface area contributed by atoms with Crippen LogP contribution in [0.1, 0.15) is 77.6 Å². The van der Waals surface area contributed by atoms with Crippen LogP contribution in [-0.4, -0.2) is 87.3 Å². The highest BCUT2D eigenvalue weighted by Gasteiger charge is 2.78. The maximum Gasteiger partial charge on any atom is 0.338 e. The Kier molecular flexibility index (Phi) is 8.10. The molecule has 1 aromatic rings. The van der Waals surface area contributed by atoms with Crippen molar-refractivity contribution in [2.45, 2.75) is 109 Å². The van der Waals surface area contributed by atoms with Crippen molar-refractivity contribution in [2.75, 3.05) is 6.61 Å². The Morgan fingerprint density at radius 3 is 2.30 bits per heavy atom. The number of hydrogen-bond acceptors (Lipinski definition) is 11. The number of fused-ring (bicyclic) bond motifs is 5. The van der Waals surface area contributed by atoms with E-state index < -0.39 is 82.2 Å². The Bertz CT molecular complexity index is 1380. The van der Waals surface area contributed by atoms with Crippen LogP contribution in [0.25, 0.3) is 0 Å². The van der Waals surface area contributed by atoms with E-state index >= 15 is 0 Å². The maximum absolute atomic E-state index is 14.9. The number of aliphatic hydroxyl groups excluding tert-OH is 2. The van der Waals surface area contributed by atoms with Gasteiger partial charge in [-0.2, -0.15) is 0 Å². The third kappa shape index (κ3) is 4.54. The molecular weight excluding hydrogens is 572 g/mol. The first-order valence-electron chi connectivity index (χ1n) is 15.2. The van der Waals surface area contributed by atoms with Crippen LogP contribution in [0.15, 0.2) is 41.5 Å². The summed E-state index contributed by atoms with van der Waals surface area (Å²) in [6.07, 6.45) is -6.73. The molecule has 3 fully saturated rings. The Hall–Kier alpha value is -3.12. The summed E-state index contributed by atoms with van der Waals surface area (Å²) in [4.78, 5) is 54.3. The fourth-order valence-corrected chi connectivity index (χ4v) is 8.11. The molecule has 2 bridgehead atoms. The molecule has 1 aliphatic heterocycles. The summed E-state index contributed by atoms with van der Waals surface area (Å²) in [5.74, 6) is -4.27. The lowest BCUT2D eigenvalue weighted by atomic mass is 9.44. The monoisotopic (exact) mass is 614 g/mol. The first-order chi connectivity index (χ1) is 20.6. The zero-order valence-electron chi connectivity index (χ0n) is 26.0. The van der Waals surface area contributed by atoms with Gasteiger partial charge in [0.05, 0.1) is 35.7 Å². The molecule has 0 aromatic heterocycles. The van der Waals surface area contributed by atoms with E-state index in [1.54, 1.807) is 45.9 Å². The first kappa shape index (κ1) is 32.3. The van der Waals surface area contributed by atoms with Crippen LogP contribution in [0, 0.1) is 16.7 Å². The van der Waals surface area contributed by atoms with E-state index in [2.05, 4.69) is 0 Å². The first-order valence-corrected chi connectivity index (χ1v) is 15.2. The Balaban J connectivity index is 1.83. The molecule has 4 aliphatic rings. The van der Waals surface area contributed by atoms with E-state index in [1.807, 2.05) is 0 Å². The van der Waals surface area contributed by atoms with Crippen molar-refractivity contribution in [1.29, 1.82) is 0 Å². The number of rotatable bonds is 6. The van der Waals surface area contributed by atoms with Crippen LogP contribution in [-0.2, 0) is 33.3 Å². The zero-order chi connectivity index (χ0) is 32.4. The molecule has 0 amide bonds. The SMILES string of the molecule is CCCC(=O)O[C@@]12CO[C@@H]1C[C@H](O)[C@@]1(C)C(=O)[C@H](OC(C)=O)C3=C(C)[C@@H](O)C[C@@](O)([C@@H](OC(=O)c4ccccc4)C12)C3(C)C. The van der Waals surface area contributed by atoms with Crippen molar-refractivity contribution >= 4 is 23.7 Å². The Labute approximate surface area is 256 Å². The van der Waals surface area contributed by atoms with Gasteiger partial charge < -0.3 is 34.3 Å². The van der Waals surface area contributed by atoms with Gasteiger partial charge in [-0.05, 0) is 43.5 Å². The molecule has 1 aromatic carbocycles. The van der Waals surface area contributed by atoms with Crippen LogP contribution >= 0.6 is 0 Å². The lowest BCUT2D eigenvalue weighted by Crippen LogP contribution is -2.82. The largest absolute Gasteiger partial charge is 0.455 e. The average Bonchev–Trinajstić information content (AvgIpc) is 2.95. The number of esters is 3. The third-order valence-corrected chi connectivity index (χ3v) is 10.6. The van der Waals surface area contributed by atoms with E-state index in [1.165, 1.54) is 19.1 Å². The highest BCUT2D eigenvalue weighted by Crippen LogP contribution is 2.64. The van der Waals surface area contributed by atoms with Gasteiger partial charge in [0, 0.05) is 31.6 Å². The minimum atomic E-state index is -2.11. The van der Waals surface area contributed by atoms with Gasteiger partial charge in [0.1, 0.15) is 17.8 Å². The number of hydrogen-bond donors (Lipinski definition) is 3. The van der Waals surface area contributed by atoms with Crippen molar-refractivity contribution in [3.8, 4) is 0 Å². The number of carbonyl (C=O) groups excluding carboxylic acids is 4. The lowest BCUT2D eigenvalue weighted by Gasteiger charge is -2.67. The summed E-state index contributed by atoms with van der Waals surface area (Å²) in [7, 11) is 0. The zero-order valence-corrected chi connectivity index (χ0v) is 26.0. The minimum absolute atomic E-state index is 0.0551. The molecule has 2 saturated carbocycles. The molecular formula is C33H42O11. The molecule has 240 valence electrons. The quantitative estimate of drug-likeness (QED) is 0.245. The van der Waals surface area contributed by atoms with E-state index in [0.29, 0.717) is 12.0 Å². The topological polar surface area (TPSA) is 166 Å². The molecule has 3 N–H and O–H groups in total. The van der Waals surface area contributed by atoms with E-state index in [4.69, 9.17) is 18.9 Å². The van der Waals surface area contributed by atoms with Crippen molar-refractivity contribution in [1.82, 2.24) is 0 Å². The van der Waals surface area contributed by atoms with Gasteiger partial charge in [0.25, 0.3) is 0 Å². The summed E-state index contributed by atoms with van der Waals surface area (Å²) in [5.41, 5.74) is -6.37. The molecule has 0 spiro atoms. The van der Waals surface area contributed by atoms with Gasteiger partial charge >= 0.3 is 17.9 Å². The van der Waals surface area contributed by atoms with Crippen molar-refractivity contribution < 1.29 is 53.4 Å². The fraction of sp³-hybridized carbons (Fsp3) is 0.636. The highest BCUT2D eigenvalue weighted by molar-refractivity contribution is 5.95. The predicted octanol–water partition coefficient (Wildman–Crippen LogP) is 2.43. The van der Waals surface area contributed by atoms with Crippen LogP contribution in [0.2, 0.25) is 0 Å². The molecule has 9 atom stereocenters. The van der Waals surface area contributed by atoms with E-state index in [-0.39, 0.29) is 37.0 Å². The standard InChI is InChI=1S/C33H42O11/c1-7-11-23(37)44-32-16-41-22(32)14-21(36)31(6)26(32)28(43-29(39)19-12-9-8-10-13-19)33(40)15-20(35)17(2)24(30(33,4)5)25(27(31)38)42-18(3)34/h8-10,12-13,20-22,25-26,28,35-36,40H,7,11,14-16H2,1-6H3/t20-,21-,22+,25+,26?,28-,31+,32-,33+/m0/s1.